The van der Waals surface area contributed by atoms with Crippen LogP contribution in [0.5, 0.6) is 5.75 Å². The molecule has 1 atom stereocenters. The Kier molecular flexibility index (Phi) is 5.77. The van der Waals surface area contributed by atoms with Crippen molar-refractivity contribution in [2.45, 2.75) is 19.0 Å². The second kappa shape index (κ2) is 8.65. The Hall–Kier alpha value is -3.59. The molecular formula is C22H22FN5O3. The summed E-state index contributed by atoms with van der Waals surface area (Å²) in [5.74, 6) is -1.32. The van der Waals surface area contributed by atoms with E-state index >= 15 is 0 Å². The summed E-state index contributed by atoms with van der Waals surface area (Å²) in [4.78, 5) is 35.6. The molecule has 3 heterocycles. The molecule has 0 saturated carbocycles. The molecule has 2 amide bonds. The van der Waals surface area contributed by atoms with Gasteiger partial charge in [0.25, 0.3) is 5.91 Å². The number of aromatic hydroxyl groups is 1. The van der Waals surface area contributed by atoms with Crippen LogP contribution < -0.4 is 10.6 Å². The molecule has 4 rings (SSSR count). The predicted molar refractivity (Wildman–Crippen MR) is 112 cm³/mol. The van der Waals surface area contributed by atoms with Crippen LogP contribution in [0.1, 0.15) is 34.2 Å². The fraction of sp³-hybridized carbons (Fsp3) is 0.273. The summed E-state index contributed by atoms with van der Waals surface area (Å²) in [5, 5.41) is 17.3. The lowest BCUT2D eigenvalue weighted by Crippen LogP contribution is -2.28. The van der Waals surface area contributed by atoms with E-state index in [1.165, 1.54) is 18.3 Å². The summed E-state index contributed by atoms with van der Waals surface area (Å²) >= 11 is 0. The highest BCUT2D eigenvalue weighted by Crippen LogP contribution is 2.32. The molecule has 0 spiro atoms. The topological polar surface area (TPSA) is 107 Å². The molecule has 1 aliphatic heterocycles. The maximum Gasteiger partial charge on any atom is 0.274 e. The molecule has 2 aromatic heterocycles. The zero-order valence-corrected chi connectivity index (χ0v) is 16.9. The Morgan fingerprint density at radius 1 is 1.32 bits per heavy atom. The lowest BCUT2D eigenvalue weighted by molar-refractivity contribution is -0.129. The minimum atomic E-state index is -0.590. The van der Waals surface area contributed by atoms with Gasteiger partial charge in [0.1, 0.15) is 11.3 Å². The number of benzene rings is 1. The van der Waals surface area contributed by atoms with Gasteiger partial charge in [0, 0.05) is 44.7 Å². The van der Waals surface area contributed by atoms with Crippen molar-refractivity contribution in [1.29, 1.82) is 0 Å². The number of rotatable bonds is 4. The second-order valence-electron chi connectivity index (χ2n) is 7.43. The largest absolute Gasteiger partial charge is 0.504 e. The highest BCUT2D eigenvalue weighted by atomic mass is 19.1. The number of likely N-dealkylation sites (N-methyl/N-ethyl adjacent to an activating group) is 1. The molecule has 3 aromatic rings. The average molecular weight is 423 g/mol. The van der Waals surface area contributed by atoms with Gasteiger partial charge in [-0.05, 0) is 29.8 Å². The molecule has 8 nitrogen and oxygen atoms in total. The van der Waals surface area contributed by atoms with E-state index in [-0.39, 0.29) is 41.7 Å². The van der Waals surface area contributed by atoms with Gasteiger partial charge in [-0.25, -0.2) is 9.37 Å². The summed E-state index contributed by atoms with van der Waals surface area (Å²) in [6, 6.07) is 8.79. The van der Waals surface area contributed by atoms with Crippen molar-refractivity contribution in [2.24, 2.45) is 0 Å². The van der Waals surface area contributed by atoms with Crippen molar-refractivity contribution < 1.29 is 19.1 Å². The number of amides is 2. The molecule has 0 radical (unpaired) electrons. The minimum absolute atomic E-state index is 0.0378. The third-order valence-electron chi connectivity index (χ3n) is 5.32. The summed E-state index contributed by atoms with van der Waals surface area (Å²) in [7, 11) is 1.74. The molecule has 9 heteroatoms. The van der Waals surface area contributed by atoms with E-state index in [1.54, 1.807) is 36.2 Å². The number of halogens is 1. The molecule has 160 valence electrons. The van der Waals surface area contributed by atoms with Crippen molar-refractivity contribution in [2.75, 3.05) is 20.1 Å². The van der Waals surface area contributed by atoms with Crippen LogP contribution in [0.2, 0.25) is 0 Å². The van der Waals surface area contributed by atoms with Crippen molar-refractivity contribution in [3.05, 3.63) is 65.4 Å². The number of carbonyl (C=O) groups is 2. The number of hydrogen-bond donors (Lipinski definition) is 3. The lowest BCUT2D eigenvalue weighted by atomic mass is 10.0. The third kappa shape index (κ3) is 4.31. The van der Waals surface area contributed by atoms with E-state index < -0.39 is 11.9 Å². The summed E-state index contributed by atoms with van der Waals surface area (Å²) < 4.78 is 13.1. The smallest absolute Gasteiger partial charge is 0.274 e. The summed E-state index contributed by atoms with van der Waals surface area (Å²) in [5.41, 5.74) is 1.25. The van der Waals surface area contributed by atoms with Gasteiger partial charge in [-0.15, -0.1) is 0 Å². The highest BCUT2D eigenvalue weighted by molar-refractivity contribution is 6.01. The van der Waals surface area contributed by atoms with Crippen LogP contribution in [-0.2, 0) is 11.3 Å². The van der Waals surface area contributed by atoms with Crippen LogP contribution in [0, 0.1) is 5.82 Å². The first-order valence-corrected chi connectivity index (χ1v) is 9.91. The monoisotopic (exact) mass is 423 g/mol. The van der Waals surface area contributed by atoms with Gasteiger partial charge >= 0.3 is 0 Å². The second-order valence-corrected chi connectivity index (χ2v) is 7.43. The molecule has 0 bridgehead atoms. The number of pyridine rings is 2. The van der Waals surface area contributed by atoms with Gasteiger partial charge in [-0.1, -0.05) is 12.1 Å². The Bertz CT molecular complexity index is 1140. The number of nitrogens with zero attached hydrogens (tertiary/aromatic N) is 3. The van der Waals surface area contributed by atoms with E-state index in [4.69, 9.17) is 0 Å². The lowest BCUT2D eigenvalue weighted by Gasteiger charge is -2.18. The van der Waals surface area contributed by atoms with Gasteiger partial charge in [0.05, 0.1) is 11.7 Å². The maximum absolute atomic E-state index is 13.1. The van der Waals surface area contributed by atoms with Crippen molar-refractivity contribution in [3.8, 4) is 5.75 Å². The number of fused-ring (bicyclic) bond motifs is 1. The quantitative estimate of drug-likeness (QED) is 0.592. The zero-order valence-electron chi connectivity index (χ0n) is 16.9. The van der Waals surface area contributed by atoms with Gasteiger partial charge in [-0.2, -0.15) is 0 Å². The van der Waals surface area contributed by atoms with Crippen LogP contribution in [0.3, 0.4) is 0 Å². The van der Waals surface area contributed by atoms with Gasteiger partial charge in [0.2, 0.25) is 5.91 Å². The maximum atomic E-state index is 13.1. The van der Waals surface area contributed by atoms with Gasteiger partial charge in [0.15, 0.2) is 11.4 Å². The fourth-order valence-electron chi connectivity index (χ4n) is 3.57. The Morgan fingerprint density at radius 2 is 2.10 bits per heavy atom. The van der Waals surface area contributed by atoms with Gasteiger partial charge in [-0.3, -0.25) is 14.6 Å². The fourth-order valence-corrected chi connectivity index (χ4v) is 3.57. The first kappa shape index (κ1) is 20.7. The predicted octanol–water partition coefficient (Wildman–Crippen LogP) is 1.90. The molecule has 3 N–H and O–H groups in total. The summed E-state index contributed by atoms with van der Waals surface area (Å²) in [6.45, 7) is 1.28. The molecule has 0 aliphatic carbocycles. The normalized spacial score (nSPS) is 16.9. The van der Waals surface area contributed by atoms with E-state index in [2.05, 4.69) is 20.6 Å². The zero-order chi connectivity index (χ0) is 22.0. The minimum Gasteiger partial charge on any atom is -0.504 e. The molecule has 31 heavy (non-hydrogen) atoms. The van der Waals surface area contributed by atoms with E-state index in [0.29, 0.717) is 29.7 Å². The number of nitrogens with one attached hydrogen (secondary N) is 2. The Balaban J connectivity index is 1.68. The van der Waals surface area contributed by atoms with E-state index in [9.17, 15) is 19.1 Å². The standard InChI is InChI=1S/C22H22FN5O3/c1-28-10-9-24-16(11-17(28)29)18-15-3-2-8-25-19(15)21(30)20(27-18)22(31)26-12-13-4-6-14(23)7-5-13/h2-8,16,24,30H,9-12H2,1H3,(H,26,31). The van der Waals surface area contributed by atoms with Crippen LogP contribution in [0.15, 0.2) is 42.6 Å². The van der Waals surface area contributed by atoms with Gasteiger partial charge < -0.3 is 20.6 Å². The van der Waals surface area contributed by atoms with E-state index in [1.807, 2.05) is 0 Å². The summed E-state index contributed by atoms with van der Waals surface area (Å²) in [6.07, 6.45) is 1.69. The van der Waals surface area contributed by atoms with Crippen LogP contribution in [-0.4, -0.2) is 51.9 Å². The van der Waals surface area contributed by atoms with Crippen molar-refractivity contribution in [3.63, 3.8) is 0 Å². The SMILES string of the molecule is CN1CCNC(c2nc(C(=O)NCc3ccc(F)cc3)c(O)c3ncccc23)CC1=O. The van der Waals surface area contributed by atoms with E-state index in [0.717, 1.165) is 0 Å². The molecule has 1 fully saturated rings. The van der Waals surface area contributed by atoms with Crippen LogP contribution in [0.25, 0.3) is 10.9 Å². The first-order chi connectivity index (χ1) is 14.9. The molecular weight excluding hydrogens is 401 g/mol. The first-order valence-electron chi connectivity index (χ1n) is 9.91. The number of aromatic nitrogens is 2. The third-order valence-corrected chi connectivity index (χ3v) is 5.32. The molecule has 1 unspecified atom stereocenters. The van der Waals surface area contributed by atoms with Crippen molar-refractivity contribution in [1.82, 2.24) is 25.5 Å². The van der Waals surface area contributed by atoms with Crippen LogP contribution in [0.4, 0.5) is 4.39 Å². The Morgan fingerprint density at radius 3 is 2.87 bits per heavy atom. The molecule has 1 aliphatic rings. The van der Waals surface area contributed by atoms with Crippen LogP contribution >= 0.6 is 0 Å². The van der Waals surface area contributed by atoms with Crippen molar-refractivity contribution >= 4 is 22.7 Å². The highest BCUT2D eigenvalue weighted by Gasteiger charge is 2.28. The molecule has 1 saturated heterocycles. The number of hydrogen-bond acceptors (Lipinski definition) is 6. The Labute approximate surface area is 178 Å². The molecule has 1 aromatic carbocycles. The number of carbonyl (C=O) groups excluding carboxylic acids is 2. The average Bonchev–Trinajstić information content (AvgIpc) is 2.94.